The van der Waals surface area contributed by atoms with E-state index in [4.69, 9.17) is 4.74 Å². The van der Waals surface area contributed by atoms with Crippen LogP contribution in [0.2, 0.25) is 0 Å². The lowest BCUT2D eigenvalue weighted by molar-refractivity contribution is 0.101. The molecule has 1 amide bonds. The average Bonchev–Trinajstić information content (AvgIpc) is 3.33. The minimum absolute atomic E-state index is 0.0422. The number of benzene rings is 1. The molecule has 2 aromatic heterocycles. The van der Waals surface area contributed by atoms with Crippen LogP contribution in [-0.4, -0.2) is 17.1 Å². The molecule has 0 atom stereocenters. The summed E-state index contributed by atoms with van der Waals surface area (Å²) in [6.07, 6.45) is 4.80. The van der Waals surface area contributed by atoms with Crippen molar-refractivity contribution < 1.29 is 9.53 Å². The number of carbonyl (C=O) groups excluding carboxylic acids is 1. The van der Waals surface area contributed by atoms with E-state index in [-0.39, 0.29) is 5.91 Å². The summed E-state index contributed by atoms with van der Waals surface area (Å²) in [6.45, 7) is 2.59. The fourth-order valence-corrected chi connectivity index (χ4v) is 4.48. The summed E-state index contributed by atoms with van der Waals surface area (Å²) < 4.78 is 8.89. The molecule has 1 aliphatic rings. The molecule has 0 unspecified atom stereocenters. The molecule has 25 heavy (non-hydrogen) atoms. The lowest BCUT2D eigenvalue weighted by Crippen LogP contribution is -2.19. The predicted octanol–water partition coefficient (Wildman–Crippen LogP) is 5.47. The van der Waals surface area contributed by atoms with Crippen LogP contribution >= 0.6 is 11.3 Å². The maximum absolute atomic E-state index is 12.9. The van der Waals surface area contributed by atoms with Gasteiger partial charge in [-0.1, -0.05) is 12.8 Å². The van der Waals surface area contributed by atoms with Crippen LogP contribution in [0.1, 0.15) is 49.1 Å². The fraction of sp³-hybridized carbons (Fsp3) is 0.350. The number of ether oxygens (including phenoxy) is 1. The first-order chi connectivity index (χ1) is 12.3. The molecule has 1 fully saturated rings. The van der Waals surface area contributed by atoms with Gasteiger partial charge in [0.1, 0.15) is 11.4 Å². The van der Waals surface area contributed by atoms with Gasteiger partial charge in [0.15, 0.2) is 0 Å². The summed E-state index contributed by atoms with van der Waals surface area (Å²) in [6, 6.07) is 12.1. The Morgan fingerprint density at radius 1 is 1.24 bits per heavy atom. The number of nitrogens with zero attached hydrogens (tertiary/aromatic N) is 1. The topological polar surface area (TPSA) is 43.3 Å². The number of hydrogen-bond donors (Lipinski definition) is 1. The summed E-state index contributed by atoms with van der Waals surface area (Å²) in [7, 11) is 0. The van der Waals surface area contributed by atoms with Crippen molar-refractivity contribution in [1.82, 2.24) is 4.57 Å². The molecule has 2 heterocycles. The Morgan fingerprint density at radius 2 is 2.00 bits per heavy atom. The van der Waals surface area contributed by atoms with Crippen molar-refractivity contribution in [2.45, 2.75) is 38.6 Å². The van der Waals surface area contributed by atoms with E-state index >= 15 is 0 Å². The maximum atomic E-state index is 12.9. The van der Waals surface area contributed by atoms with Gasteiger partial charge in [0.25, 0.3) is 5.91 Å². The third-order valence-corrected chi connectivity index (χ3v) is 5.66. The SMILES string of the molecule is CCOc1ccc(NC(=O)c2cc3sccc3n2C2CCCC2)cc1. The molecule has 1 aliphatic carbocycles. The predicted molar refractivity (Wildman–Crippen MR) is 103 cm³/mol. The van der Waals surface area contributed by atoms with Gasteiger partial charge in [-0.2, -0.15) is 0 Å². The monoisotopic (exact) mass is 354 g/mol. The quantitative estimate of drug-likeness (QED) is 0.660. The lowest BCUT2D eigenvalue weighted by atomic mass is 10.2. The second-order valence-corrected chi connectivity index (χ2v) is 7.37. The molecule has 4 rings (SSSR count). The number of carbonyl (C=O) groups is 1. The van der Waals surface area contributed by atoms with Crippen molar-refractivity contribution in [3.05, 3.63) is 47.5 Å². The second-order valence-electron chi connectivity index (χ2n) is 6.42. The van der Waals surface area contributed by atoms with Crippen LogP contribution in [0.25, 0.3) is 10.2 Å². The van der Waals surface area contributed by atoms with Crippen molar-refractivity contribution in [3.63, 3.8) is 0 Å². The van der Waals surface area contributed by atoms with E-state index in [9.17, 15) is 4.79 Å². The van der Waals surface area contributed by atoms with Gasteiger partial charge in [-0.05, 0) is 61.5 Å². The highest BCUT2D eigenvalue weighted by molar-refractivity contribution is 7.17. The minimum atomic E-state index is -0.0422. The molecule has 130 valence electrons. The van der Waals surface area contributed by atoms with Crippen LogP contribution < -0.4 is 10.1 Å². The molecule has 0 spiro atoms. The lowest BCUT2D eigenvalue weighted by Gasteiger charge is -2.17. The van der Waals surface area contributed by atoms with Crippen molar-refractivity contribution >= 4 is 33.1 Å². The molecule has 1 aromatic carbocycles. The van der Waals surface area contributed by atoms with Gasteiger partial charge in [-0.3, -0.25) is 4.79 Å². The first kappa shape index (κ1) is 16.2. The maximum Gasteiger partial charge on any atom is 0.272 e. The molecule has 3 aromatic rings. The largest absolute Gasteiger partial charge is 0.494 e. The summed E-state index contributed by atoms with van der Waals surface area (Å²) in [5, 5.41) is 5.13. The van der Waals surface area contributed by atoms with Gasteiger partial charge in [0.2, 0.25) is 0 Å². The van der Waals surface area contributed by atoms with Crippen LogP contribution in [0.3, 0.4) is 0 Å². The number of anilines is 1. The number of rotatable bonds is 5. The van der Waals surface area contributed by atoms with Crippen molar-refractivity contribution in [2.75, 3.05) is 11.9 Å². The highest BCUT2D eigenvalue weighted by atomic mass is 32.1. The number of thiophene rings is 1. The van der Waals surface area contributed by atoms with Crippen LogP contribution in [0.4, 0.5) is 5.69 Å². The number of hydrogen-bond acceptors (Lipinski definition) is 3. The summed E-state index contributed by atoms with van der Waals surface area (Å²) in [4.78, 5) is 12.9. The first-order valence-corrected chi connectivity index (χ1v) is 9.77. The third-order valence-electron chi connectivity index (χ3n) is 4.81. The Bertz CT molecular complexity index is 873. The van der Waals surface area contributed by atoms with Gasteiger partial charge in [-0.25, -0.2) is 0 Å². The Morgan fingerprint density at radius 3 is 2.72 bits per heavy atom. The molecule has 1 saturated carbocycles. The standard InChI is InChI=1S/C20H22N2O2S/c1-2-24-16-9-7-14(8-10-16)21-20(23)18-13-19-17(11-12-25-19)22(18)15-5-3-4-6-15/h7-13,15H,2-6H2,1H3,(H,21,23). The Hall–Kier alpha value is -2.27. The Kier molecular flexibility index (Phi) is 4.49. The smallest absolute Gasteiger partial charge is 0.272 e. The van der Waals surface area contributed by atoms with E-state index in [0.717, 1.165) is 30.0 Å². The van der Waals surface area contributed by atoms with Crippen LogP contribution in [-0.2, 0) is 0 Å². The Labute approximate surface area is 151 Å². The average molecular weight is 354 g/mol. The van der Waals surface area contributed by atoms with Crippen molar-refractivity contribution in [1.29, 1.82) is 0 Å². The van der Waals surface area contributed by atoms with E-state index in [1.807, 2.05) is 37.3 Å². The van der Waals surface area contributed by atoms with Crippen LogP contribution in [0, 0.1) is 0 Å². The summed E-state index contributed by atoms with van der Waals surface area (Å²) in [5.41, 5.74) is 2.74. The highest BCUT2D eigenvalue weighted by Gasteiger charge is 2.25. The van der Waals surface area contributed by atoms with E-state index < -0.39 is 0 Å². The summed E-state index contributed by atoms with van der Waals surface area (Å²) >= 11 is 1.69. The Balaban J connectivity index is 1.61. The molecular weight excluding hydrogens is 332 g/mol. The van der Waals surface area contributed by atoms with Crippen molar-refractivity contribution in [2.24, 2.45) is 0 Å². The zero-order valence-corrected chi connectivity index (χ0v) is 15.1. The van der Waals surface area contributed by atoms with E-state index in [1.54, 1.807) is 11.3 Å². The minimum Gasteiger partial charge on any atom is -0.494 e. The molecule has 1 N–H and O–H groups in total. The van der Waals surface area contributed by atoms with Gasteiger partial charge < -0.3 is 14.6 Å². The first-order valence-electron chi connectivity index (χ1n) is 8.89. The van der Waals surface area contributed by atoms with Crippen molar-refractivity contribution in [3.8, 4) is 5.75 Å². The van der Waals surface area contributed by atoms with Gasteiger partial charge >= 0.3 is 0 Å². The van der Waals surface area contributed by atoms with E-state index in [1.165, 1.54) is 23.1 Å². The second kappa shape index (κ2) is 6.92. The normalized spacial score (nSPS) is 14.9. The molecule has 0 bridgehead atoms. The number of fused-ring (bicyclic) bond motifs is 1. The fourth-order valence-electron chi connectivity index (χ4n) is 3.67. The third kappa shape index (κ3) is 3.16. The van der Waals surface area contributed by atoms with Crippen LogP contribution in [0.15, 0.2) is 41.8 Å². The number of amides is 1. The van der Waals surface area contributed by atoms with Gasteiger partial charge in [0.05, 0.1) is 16.8 Å². The highest BCUT2D eigenvalue weighted by Crippen LogP contribution is 2.36. The zero-order chi connectivity index (χ0) is 17.2. The van der Waals surface area contributed by atoms with Gasteiger partial charge in [-0.15, -0.1) is 11.3 Å². The number of nitrogens with one attached hydrogen (secondary N) is 1. The molecular formula is C20H22N2O2S. The van der Waals surface area contributed by atoms with E-state index in [0.29, 0.717) is 12.6 Å². The molecule has 0 aliphatic heterocycles. The molecule has 0 saturated heterocycles. The van der Waals surface area contributed by atoms with Gasteiger partial charge in [0, 0.05) is 11.7 Å². The zero-order valence-electron chi connectivity index (χ0n) is 14.3. The molecule has 5 heteroatoms. The van der Waals surface area contributed by atoms with E-state index in [2.05, 4.69) is 21.3 Å². The molecule has 4 nitrogen and oxygen atoms in total. The molecule has 0 radical (unpaired) electrons. The number of aromatic nitrogens is 1. The van der Waals surface area contributed by atoms with Crippen LogP contribution in [0.5, 0.6) is 5.75 Å². The summed E-state index contributed by atoms with van der Waals surface area (Å²) in [5.74, 6) is 0.773.